The van der Waals surface area contributed by atoms with E-state index in [2.05, 4.69) is 48.8 Å². The number of rotatable bonds is 15. The van der Waals surface area contributed by atoms with Crippen molar-refractivity contribution < 1.29 is 62.9 Å². The van der Waals surface area contributed by atoms with Crippen LogP contribution in [-0.2, 0) is 59.1 Å². The van der Waals surface area contributed by atoms with E-state index in [0.717, 1.165) is 5.56 Å². The molecule has 1 heterocycles. The van der Waals surface area contributed by atoms with Gasteiger partial charge in [0.15, 0.2) is 5.96 Å². The van der Waals surface area contributed by atoms with E-state index in [0.29, 0.717) is 12.0 Å². The molecule has 7 amide bonds. The van der Waals surface area contributed by atoms with Gasteiger partial charge in [0.05, 0.1) is 23.6 Å². The number of carboxylic acid groups (broad SMARTS) is 2. The Labute approximate surface area is 419 Å². The Balaban J connectivity index is 2.73. The number of nitrogens with zero attached hydrogens (tertiary/aromatic N) is 1. The molecule has 0 aliphatic carbocycles. The second-order valence-electron chi connectivity index (χ2n) is 18.3. The summed E-state index contributed by atoms with van der Waals surface area (Å²) in [5.41, 5.74) is 12.0. The van der Waals surface area contributed by atoms with Crippen molar-refractivity contribution in [1.29, 1.82) is 0 Å². The lowest BCUT2D eigenvalue weighted by Crippen LogP contribution is -2.59. The summed E-state index contributed by atoms with van der Waals surface area (Å²) in [6.45, 7) is 15.7. The SMILES string of the molecule is C=C1NC(=O)CC[C@H](C(=O)O)NC(=O)[C@@H](C)[C@H](/C=C/C(C)=C/[C@H](C)[C@H](Cc2ccccc2)OC(C)=O)NC(=O)[C@H](CCCN=C(N)N)NC(=O)[C@@H](C)[C@H](C(=O)O)NC(=O)[C@H](CC(C)C)NC(=O)[C@@H](C)NC1=O. The van der Waals surface area contributed by atoms with Crippen LogP contribution in [0.15, 0.2) is 71.4 Å². The number of carbonyl (C=O) groups excluding carboxylic acids is 8. The van der Waals surface area contributed by atoms with Crippen LogP contribution in [0.25, 0.3) is 0 Å². The van der Waals surface area contributed by atoms with E-state index in [1.165, 1.54) is 33.8 Å². The molecule has 1 fully saturated rings. The Morgan fingerprint density at radius 1 is 0.806 bits per heavy atom. The highest BCUT2D eigenvalue weighted by atomic mass is 16.5. The largest absolute Gasteiger partial charge is 0.480 e. The van der Waals surface area contributed by atoms with Gasteiger partial charge in [-0.2, -0.15) is 0 Å². The summed E-state index contributed by atoms with van der Waals surface area (Å²) in [5, 5.41) is 37.4. The van der Waals surface area contributed by atoms with Crippen molar-refractivity contribution in [2.75, 3.05) is 6.54 Å². The molecule has 0 saturated carbocycles. The van der Waals surface area contributed by atoms with Gasteiger partial charge in [0.25, 0.3) is 5.91 Å². The first-order valence-corrected chi connectivity index (χ1v) is 23.6. The van der Waals surface area contributed by atoms with Crippen LogP contribution in [0, 0.1) is 23.7 Å². The molecular weight excluding hydrogens is 937 g/mol. The first-order valence-electron chi connectivity index (χ1n) is 23.6. The zero-order valence-electron chi connectivity index (χ0n) is 42.1. The van der Waals surface area contributed by atoms with Gasteiger partial charge in [0, 0.05) is 32.2 Å². The number of carbonyl (C=O) groups is 10. The van der Waals surface area contributed by atoms with Gasteiger partial charge in [-0.15, -0.1) is 0 Å². The third-order valence-corrected chi connectivity index (χ3v) is 11.5. The second-order valence-corrected chi connectivity index (χ2v) is 18.3. The van der Waals surface area contributed by atoms with Gasteiger partial charge >= 0.3 is 17.9 Å². The highest BCUT2D eigenvalue weighted by Crippen LogP contribution is 2.19. The van der Waals surface area contributed by atoms with Crippen LogP contribution in [0.4, 0.5) is 0 Å². The summed E-state index contributed by atoms with van der Waals surface area (Å²) in [6.07, 6.45) is 3.65. The number of ether oxygens (including phenoxy) is 1. The maximum absolute atomic E-state index is 14.4. The molecule has 1 aromatic rings. The molecule has 10 atom stereocenters. The van der Waals surface area contributed by atoms with Crippen molar-refractivity contribution in [3.63, 3.8) is 0 Å². The van der Waals surface area contributed by atoms with Gasteiger partial charge < -0.3 is 63.6 Å². The highest BCUT2D eigenvalue weighted by molar-refractivity contribution is 6.00. The molecule has 13 N–H and O–H groups in total. The maximum Gasteiger partial charge on any atom is 0.327 e. The van der Waals surface area contributed by atoms with Crippen LogP contribution in [0.5, 0.6) is 0 Å². The van der Waals surface area contributed by atoms with Crippen LogP contribution >= 0.6 is 0 Å². The Kier molecular flexibility index (Phi) is 24.9. The molecule has 0 unspecified atom stereocenters. The molecule has 1 aliphatic rings. The number of carboxylic acids is 2. The van der Waals surface area contributed by atoms with E-state index in [9.17, 15) is 58.2 Å². The van der Waals surface area contributed by atoms with Gasteiger partial charge in [-0.1, -0.05) is 95.3 Å². The maximum atomic E-state index is 14.4. The minimum absolute atomic E-state index is 0.00222. The number of guanidine groups is 1. The first kappa shape index (κ1) is 60.5. The van der Waals surface area contributed by atoms with E-state index in [1.807, 2.05) is 43.3 Å². The molecule has 72 heavy (non-hydrogen) atoms. The summed E-state index contributed by atoms with van der Waals surface area (Å²) in [5.74, 6) is -13.7. The molecule has 396 valence electrons. The Morgan fingerprint density at radius 3 is 2.00 bits per heavy atom. The fourth-order valence-electron chi connectivity index (χ4n) is 7.35. The molecule has 0 aromatic heterocycles. The predicted molar refractivity (Wildman–Crippen MR) is 265 cm³/mol. The number of aliphatic imine (C=N–C) groups is 1. The molecule has 1 aliphatic heterocycles. The summed E-state index contributed by atoms with van der Waals surface area (Å²) in [7, 11) is 0. The molecule has 0 bridgehead atoms. The topological polar surface area (TPSA) is 369 Å². The minimum Gasteiger partial charge on any atom is -0.480 e. The van der Waals surface area contributed by atoms with Crippen LogP contribution in [-0.4, -0.2) is 124 Å². The normalized spacial score (nSPS) is 24.9. The highest BCUT2D eigenvalue weighted by Gasteiger charge is 2.37. The lowest BCUT2D eigenvalue weighted by molar-refractivity contribution is -0.148. The number of hydrogen-bond donors (Lipinski definition) is 11. The Morgan fingerprint density at radius 2 is 1.42 bits per heavy atom. The quantitative estimate of drug-likeness (QED) is 0.0279. The van der Waals surface area contributed by atoms with E-state index < -0.39 is 132 Å². The first-order chi connectivity index (χ1) is 33.7. The average molecular weight is 1010 g/mol. The number of hydrogen-bond acceptors (Lipinski definition) is 12. The summed E-state index contributed by atoms with van der Waals surface area (Å²) < 4.78 is 5.67. The Hall–Kier alpha value is -7.59. The molecule has 1 aromatic carbocycles. The average Bonchev–Trinajstić information content (AvgIpc) is 3.29. The van der Waals surface area contributed by atoms with Crippen molar-refractivity contribution in [3.8, 4) is 0 Å². The molecule has 0 spiro atoms. The summed E-state index contributed by atoms with van der Waals surface area (Å²) in [6, 6.07) is 0.432. The van der Waals surface area contributed by atoms with Crippen LogP contribution in [0.3, 0.4) is 0 Å². The van der Waals surface area contributed by atoms with E-state index >= 15 is 0 Å². The van der Waals surface area contributed by atoms with Crippen LogP contribution in [0.2, 0.25) is 0 Å². The third-order valence-electron chi connectivity index (χ3n) is 11.5. The number of nitrogens with one attached hydrogen (secondary N) is 7. The zero-order valence-corrected chi connectivity index (χ0v) is 42.1. The van der Waals surface area contributed by atoms with E-state index in [-0.39, 0.29) is 43.6 Å². The zero-order chi connectivity index (χ0) is 54.4. The number of nitrogens with two attached hydrogens (primary N) is 2. The predicted octanol–water partition coefficient (Wildman–Crippen LogP) is 0.193. The molecule has 2 rings (SSSR count). The van der Waals surface area contributed by atoms with Crippen LogP contribution in [0.1, 0.15) is 93.1 Å². The monoisotopic (exact) mass is 1010 g/mol. The van der Waals surface area contributed by atoms with Crippen molar-refractivity contribution in [1.82, 2.24) is 37.2 Å². The van der Waals surface area contributed by atoms with Crippen molar-refractivity contribution in [3.05, 3.63) is 72.0 Å². The van der Waals surface area contributed by atoms with Gasteiger partial charge in [-0.05, 0) is 51.0 Å². The molecule has 23 heteroatoms. The smallest absolute Gasteiger partial charge is 0.327 e. The molecule has 1 saturated heterocycles. The fraction of sp³-hybridized carbons (Fsp3) is 0.531. The lowest BCUT2D eigenvalue weighted by Gasteiger charge is -2.28. The fourth-order valence-corrected chi connectivity index (χ4v) is 7.35. The number of benzene rings is 1. The minimum atomic E-state index is -1.90. The standard InChI is InChI=1S/C49H72N10O13/c1-25(2)22-37-46(67)59-40(48(70)71)29(6)42(63)56-35(16-13-21-52-49(50)51)45(66)55-34(18-17-26(3)23-27(4)38(72-32(9)60)24-33-14-11-10-12-15-33)28(5)41(62)57-36(47(68)69)19-20-39(61)53-30(7)43(64)54-31(8)44(65)58-37/h10-12,14-15,17-18,23,25,27-29,31,34-38,40H,7,13,16,19-22,24H2,1-6,8-9H3,(H,53,61)(H,54,64)(H,55,66)(H,56,63)(H,57,62)(H,58,65)(H,59,67)(H,68,69)(H,70,71)(H4,50,51,52)/b18-17+,26-23+/t27-,28-,29-,31+,34-,35-,36+,37-,38-,40+/m0/s1. The van der Waals surface area contributed by atoms with Crippen molar-refractivity contribution in [2.45, 2.75) is 136 Å². The molecule has 0 radical (unpaired) electrons. The van der Waals surface area contributed by atoms with E-state index in [4.69, 9.17) is 16.2 Å². The number of esters is 1. The Bertz CT molecular complexity index is 2230. The van der Waals surface area contributed by atoms with Gasteiger partial charge in [-0.25, -0.2) is 9.59 Å². The van der Waals surface area contributed by atoms with E-state index in [1.54, 1.807) is 26.8 Å². The molecular formula is C49H72N10O13. The van der Waals surface area contributed by atoms with Gasteiger partial charge in [-0.3, -0.25) is 43.3 Å². The summed E-state index contributed by atoms with van der Waals surface area (Å²) in [4.78, 5) is 136. The van der Waals surface area contributed by atoms with Crippen molar-refractivity contribution >= 4 is 65.2 Å². The van der Waals surface area contributed by atoms with Gasteiger partial charge in [0.2, 0.25) is 35.4 Å². The number of aliphatic carboxylic acids is 2. The number of amides is 7. The van der Waals surface area contributed by atoms with Crippen molar-refractivity contribution in [2.24, 2.45) is 40.1 Å². The third kappa shape index (κ3) is 21.2. The molecule has 23 nitrogen and oxygen atoms in total. The number of allylic oxidation sites excluding steroid dienone is 2. The lowest BCUT2D eigenvalue weighted by atomic mass is 9.94. The van der Waals surface area contributed by atoms with Crippen LogP contribution < -0.4 is 48.7 Å². The summed E-state index contributed by atoms with van der Waals surface area (Å²) >= 11 is 0. The second kappa shape index (κ2) is 29.6. The van der Waals surface area contributed by atoms with Gasteiger partial charge in [0.1, 0.15) is 36.3 Å².